The summed E-state index contributed by atoms with van der Waals surface area (Å²) >= 11 is 1.64. The number of methoxy groups -OCH3 is 1. The van der Waals surface area contributed by atoms with E-state index in [1.54, 1.807) is 23.5 Å². The molecule has 0 spiro atoms. The number of benzene rings is 2. The Balaban J connectivity index is 1.47. The number of aliphatic imine (C=N–C) groups is 1. The fourth-order valence-electron chi connectivity index (χ4n) is 4.88. The van der Waals surface area contributed by atoms with Crippen LogP contribution in [0.2, 0.25) is 0 Å². The molecule has 2 aromatic carbocycles. The van der Waals surface area contributed by atoms with Gasteiger partial charge in [0.2, 0.25) is 0 Å². The number of aryl methyl sites for hydroxylation is 2. The lowest BCUT2D eigenvalue weighted by Gasteiger charge is -2.13. The molecule has 1 aliphatic rings. The molecule has 12 heteroatoms. The van der Waals surface area contributed by atoms with Crippen LogP contribution in [0.25, 0.3) is 16.1 Å². The van der Waals surface area contributed by atoms with Gasteiger partial charge in [-0.1, -0.05) is 30.3 Å². The Morgan fingerprint density at radius 2 is 1.77 bits per heavy atom. The van der Waals surface area contributed by atoms with E-state index in [2.05, 4.69) is 30.1 Å². The molecule has 0 radical (unpaired) electrons. The summed E-state index contributed by atoms with van der Waals surface area (Å²) in [6.45, 7) is 5.83. The molecule has 3 heterocycles. The van der Waals surface area contributed by atoms with Crippen LogP contribution in [0.15, 0.2) is 47.5 Å². The van der Waals surface area contributed by atoms with Crippen LogP contribution >= 0.6 is 11.3 Å². The fraction of sp³-hybridized carbons (Fsp3) is 0.290. The Hall–Kier alpha value is -4.86. The number of thiophene rings is 1. The van der Waals surface area contributed by atoms with Crippen molar-refractivity contribution in [3.05, 3.63) is 81.2 Å². The van der Waals surface area contributed by atoms with Crippen LogP contribution in [-0.4, -0.2) is 64.5 Å². The molecular weight excluding hydrogens is 570 g/mol. The van der Waals surface area contributed by atoms with E-state index in [0.717, 1.165) is 43.4 Å². The molecular formula is C31H29N5O6S. The molecule has 0 amide bonds. The molecule has 0 fully saturated rings. The first-order valence-corrected chi connectivity index (χ1v) is 14.3. The quantitative estimate of drug-likeness (QED) is 0.202. The minimum atomic E-state index is -1.06. The Bertz CT molecular complexity index is 1770. The summed E-state index contributed by atoms with van der Waals surface area (Å²) in [6, 6.07) is 14.8. The van der Waals surface area contributed by atoms with Crippen molar-refractivity contribution < 1.29 is 28.9 Å². The molecule has 1 atom stereocenters. The molecule has 1 N–H and O–H groups in total. The summed E-state index contributed by atoms with van der Waals surface area (Å²) in [7, 11) is 1.36. The van der Waals surface area contributed by atoms with Gasteiger partial charge in [-0.15, -0.1) is 21.5 Å². The second kappa shape index (κ2) is 12.6. The van der Waals surface area contributed by atoms with Gasteiger partial charge in [-0.2, -0.15) is 5.26 Å². The van der Waals surface area contributed by atoms with Gasteiger partial charge >= 0.3 is 11.9 Å². The highest BCUT2D eigenvalue weighted by Gasteiger charge is 2.32. The number of rotatable bonds is 10. The van der Waals surface area contributed by atoms with E-state index in [4.69, 9.17) is 24.3 Å². The van der Waals surface area contributed by atoms with E-state index in [1.807, 2.05) is 41.8 Å². The average molecular weight is 600 g/mol. The van der Waals surface area contributed by atoms with Crippen molar-refractivity contribution in [3.63, 3.8) is 0 Å². The molecule has 43 heavy (non-hydrogen) atoms. The zero-order valence-electron chi connectivity index (χ0n) is 24.1. The van der Waals surface area contributed by atoms with Crippen LogP contribution in [-0.2, 0) is 19.1 Å². The van der Waals surface area contributed by atoms with Crippen molar-refractivity contribution in [2.45, 2.75) is 33.2 Å². The molecule has 4 aromatic rings. The molecule has 2 aromatic heterocycles. The minimum absolute atomic E-state index is 0.0280. The number of carboxylic acid groups (broad SMARTS) is 1. The number of ether oxygens (including phenoxy) is 3. The number of nitriles is 1. The third-order valence-corrected chi connectivity index (χ3v) is 8.32. The van der Waals surface area contributed by atoms with E-state index < -0.39 is 18.6 Å². The third-order valence-electron chi connectivity index (χ3n) is 7.13. The number of aromatic nitrogens is 3. The topological polar surface area (TPSA) is 149 Å². The second-order valence-corrected chi connectivity index (χ2v) is 11.1. The SMILES string of the molecule is COC(=O)C[C@@H]1N=C(c2ccc(-c3ccc(OCCOCC(=O)O)c(C#N)c3)cc2)c2c(sc(C)c2C)-n2c(C)nnc21. The van der Waals surface area contributed by atoms with E-state index in [-0.39, 0.29) is 25.6 Å². The van der Waals surface area contributed by atoms with Crippen molar-refractivity contribution in [1.29, 1.82) is 5.26 Å². The van der Waals surface area contributed by atoms with Crippen molar-refractivity contribution in [2.75, 3.05) is 26.9 Å². The van der Waals surface area contributed by atoms with Crippen molar-refractivity contribution >= 4 is 29.0 Å². The zero-order chi connectivity index (χ0) is 30.7. The highest BCUT2D eigenvalue weighted by molar-refractivity contribution is 7.15. The third kappa shape index (κ3) is 6.04. The maximum Gasteiger partial charge on any atom is 0.329 e. The van der Waals surface area contributed by atoms with Gasteiger partial charge in [-0.05, 0) is 49.6 Å². The maximum absolute atomic E-state index is 12.4. The van der Waals surface area contributed by atoms with Crippen molar-refractivity contribution in [2.24, 2.45) is 4.99 Å². The standard InChI is InChI=1S/C31H29N5O6S/c1-17-18(2)43-31-28(17)29(33-24(14-27(39)40-4)30-35-34-19(3)36(30)31)21-7-5-20(6-8-21)22-9-10-25(23(13-22)15-32)42-12-11-41-16-26(37)38/h5-10,13,24H,11-12,14,16H2,1-4H3,(H,37,38)/t24-/m0/s1. The maximum atomic E-state index is 12.4. The van der Waals surface area contributed by atoms with Gasteiger partial charge in [0.1, 0.15) is 41.9 Å². The molecule has 0 unspecified atom stereocenters. The Morgan fingerprint density at radius 3 is 2.47 bits per heavy atom. The van der Waals surface area contributed by atoms with E-state index in [9.17, 15) is 14.9 Å². The average Bonchev–Trinajstić information content (AvgIpc) is 3.48. The number of fused-ring (bicyclic) bond motifs is 3. The van der Waals surface area contributed by atoms with E-state index in [0.29, 0.717) is 23.0 Å². The monoisotopic (exact) mass is 599 g/mol. The van der Waals surface area contributed by atoms with Crippen LogP contribution < -0.4 is 4.74 Å². The number of carbonyl (C=O) groups excluding carboxylic acids is 1. The first-order valence-electron chi connectivity index (χ1n) is 13.5. The van der Waals surface area contributed by atoms with Crippen molar-refractivity contribution in [1.82, 2.24) is 14.8 Å². The summed E-state index contributed by atoms with van der Waals surface area (Å²) < 4.78 is 17.6. The molecule has 1 aliphatic heterocycles. The van der Waals surface area contributed by atoms with E-state index in [1.165, 1.54) is 7.11 Å². The Morgan fingerprint density at radius 1 is 1.05 bits per heavy atom. The smallest absolute Gasteiger partial charge is 0.329 e. The lowest BCUT2D eigenvalue weighted by molar-refractivity contribution is -0.142. The normalized spacial score (nSPS) is 13.7. The highest BCUT2D eigenvalue weighted by atomic mass is 32.1. The number of carboxylic acids is 1. The number of nitrogens with zero attached hydrogens (tertiary/aromatic N) is 5. The number of hydrogen-bond acceptors (Lipinski definition) is 10. The molecule has 0 saturated carbocycles. The largest absolute Gasteiger partial charge is 0.490 e. The van der Waals surface area contributed by atoms with Gasteiger partial charge < -0.3 is 19.3 Å². The number of hydrogen-bond donors (Lipinski definition) is 1. The summed E-state index contributed by atoms with van der Waals surface area (Å²) in [5, 5.41) is 28.0. The summed E-state index contributed by atoms with van der Waals surface area (Å²) in [6.07, 6.45) is 0.0280. The predicted molar refractivity (Wildman–Crippen MR) is 159 cm³/mol. The van der Waals surface area contributed by atoms with Gasteiger partial charge in [-0.25, -0.2) is 4.79 Å². The summed E-state index contributed by atoms with van der Waals surface area (Å²) in [5.41, 5.74) is 5.78. The summed E-state index contributed by atoms with van der Waals surface area (Å²) in [4.78, 5) is 29.2. The number of esters is 1. The van der Waals surface area contributed by atoms with Gasteiger partial charge in [0.15, 0.2) is 5.82 Å². The number of aliphatic carboxylic acids is 1. The Kier molecular flexibility index (Phi) is 8.66. The lowest BCUT2D eigenvalue weighted by Crippen LogP contribution is -2.12. The molecule has 220 valence electrons. The summed E-state index contributed by atoms with van der Waals surface area (Å²) in [5.74, 6) is 0.261. The fourth-order valence-corrected chi connectivity index (χ4v) is 6.09. The second-order valence-electron chi connectivity index (χ2n) is 9.87. The lowest BCUT2D eigenvalue weighted by atomic mass is 9.96. The van der Waals surface area contributed by atoms with Gasteiger partial charge in [0.25, 0.3) is 0 Å². The van der Waals surface area contributed by atoms with Crippen LogP contribution in [0.1, 0.15) is 51.2 Å². The minimum Gasteiger partial charge on any atom is -0.490 e. The van der Waals surface area contributed by atoms with Crippen LogP contribution in [0.5, 0.6) is 5.75 Å². The molecule has 5 rings (SSSR count). The zero-order valence-corrected chi connectivity index (χ0v) is 24.9. The van der Waals surface area contributed by atoms with Gasteiger partial charge in [0, 0.05) is 16.0 Å². The first kappa shape index (κ1) is 29.6. The van der Waals surface area contributed by atoms with Crippen LogP contribution in [0.4, 0.5) is 0 Å². The van der Waals surface area contributed by atoms with Crippen LogP contribution in [0.3, 0.4) is 0 Å². The predicted octanol–water partition coefficient (Wildman–Crippen LogP) is 4.73. The highest BCUT2D eigenvalue weighted by Crippen LogP contribution is 2.40. The van der Waals surface area contributed by atoms with Crippen LogP contribution in [0, 0.1) is 32.1 Å². The van der Waals surface area contributed by atoms with Gasteiger partial charge in [0.05, 0.1) is 31.4 Å². The van der Waals surface area contributed by atoms with Gasteiger partial charge in [-0.3, -0.25) is 14.4 Å². The first-order chi connectivity index (χ1) is 20.7. The van der Waals surface area contributed by atoms with E-state index >= 15 is 0 Å². The Labute approximate surface area is 252 Å². The molecule has 0 aliphatic carbocycles. The van der Waals surface area contributed by atoms with Crippen molar-refractivity contribution in [3.8, 4) is 27.9 Å². The molecule has 0 saturated heterocycles. The number of carbonyl (C=O) groups is 2. The molecule has 11 nitrogen and oxygen atoms in total. The molecule has 0 bridgehead atoms.